The molecular weight excluding hydrogens is 366 g/mol. The lowest BCUT2D eigenvalue weighted by atomic mass is 10.0. The number of carbonyl (C=O) groups excluding carboxylic acids is 1. The van der Waals surface area contributed by atoms with Crippen molar-refractivity contribution in [3.05, 3.63) is 63.3 Å². The van der Waals surface area contributed by atoms with E-state index >= 15 is 0 Å². The fourth-order valence-electron chi connectivity index (χ4n) is 2.62. The highest BCUT2D eigenvalue weighted by atomic mass is 79.9. The molecule has 114 valence electrons. The fourth-order valence-corrected chi connectivity index (χ4v) is 3.12. The Hall–Kier alpha value is -1.43. The second kappa shape index (κ2) is 6.77. The van der Waals surface area contributed by atoms with E-state index in [2.05, 4.69) is 26.2 Å². The van der Waals surface area contributed by atoms with Crippen LogP contribution in [0.3, 0.4) is 0 Å². The van der Waals surface area contributed by atoms with Gasteiger partial charge in [0, 0.05) is 35.3 Å². The van der Waals surface area contributed by atoms with E-state index < -0.39 is 0 Å². The van der Waals surface area contributed by atoms with Crippen LogP contribution in [0.4, 0.5) is 0 Å². The molecule has 2 heterocycles. The van der Waals surface area contributed by atoms with Gasteiger partial charge < -0.3 is 10.2 Å². The predicted molar refractivity (Wildman–Crippen MR) is 90.0 cm³/mol. The highest BCUT2D eigenvalue weighted by Crippen LogP contribution is 2.29. The lowest BCUT2D eigenvalue weighted by Crippen LogP contribution is -2.49. The zero-order valence-corrected chi connectivity index (χ0v) is 14.1. The van der Waals surface area contributed by atoms with Gasteiger partial charge in [-0.3, -0.25) is 4.79 Å². The van der Waals surface area contributed by atoms with Gasteiger partial charge in [-0.25, -0.2) is 4.98 Å². The molecule has 1 fully saturated rings. The van der Waals surface area contributed by atoms with Crippen molar-refractivity contribution < 1.29 is 4.79 Å². The molecular formula is C16H15BrClN3O. The number of carbonyl (C=O) groups is 1. The topological polar surface area (TPSA) is 45.2 Å². The number of amides is 1. The molecule has 0 aliphatic carbocycles. The number of piperazine rings is 1. The normalized spacial score (nSPS) is 18.3. The number of nitrogens with one attached hydrogen (secondary N) is 1. The van der Waals surface area contributed by atoms with Crippen molar-refractivity contribution in [1.29, 1.82) is 0 Å². The summed E-state index contributed by atoms with van der Waals surface area (Å²) in [5, 5.41) is 4.00. The Labute approximate surface area is 142 Å². The highest BCUT2D eigenvalue weighted by Gasteiger charge is 2.30. The summed E-state index contributed by atoms with van der Waals surface area (Å²) in [5.41, 5.74) is 1.41. The summed E-state index contributed by atoms with van der Waals surface area (Å²) >= 11 is 9.64. The molecule has 4 nitrogen and oxygen atoms in total. The molecule has 2 aromatic rings. The third kappa shape index (κ3) is 3.16. The monoisotopic (exact) mass is 379 g/mol. The van der Waals surface area contributed by atoms with Crippen molar-refractivity contribution in [2.75, 3.05) is 19.6 Å². The molecule has 22 heavy (non-hydrogen) atoms. The Morgan fingerprint density at radius 1 is 1.32 bits per heavy atom. The lowest BCUT2D eigenvalue weighted by molar-refractivity contribution is 0.0628. The standard InChI is InChI=1S/C16H15BrClN3O/c17-11-5-6-14(20-9-11)16(22)21-8-7-19-10-15(21)12-3-1-2-4-13(12)18/h1-6,9,15,19H,7-8,10H2. The number of pyridine rings is 1. The van der Waals surface area contributed by atoms with Crippen molar-refractivity contribution in [3.8, 4) is 0 Å². The summed E-state index contributed by atoms with van der Waals surface area (Å²) in [6.45, 7) is 2.09. The molecule has 1 saturated heterocycles. The smallest absolute Gasteiger partial charge is 0.273 e. The summed E-state index contributed by atoms with van der Waals surface area (Å²) in [6.07, 6.45) is 1.64. The first-order valence-corrected chi connectivity index (χ1v) is 8.21. The molecule has 1 aromatic carbocycles. The molecule has 1 atom stereocenters. The minimum atomic E-state index is -0.0830. The fraction of sp³-hybridized carbons (Fsp3) is 0.250. The van der Waals surface area contributed by atoms with Crippen LogP contribution in [0.1, 0.15) is 22.1 Å². The lowest BCUT2D eigenvalue weighted by Gasteiger charge is -2.36. The van der Waals surface area contributed by atoms with Crippen LogP contribution in [0.5, 0.6) is 0 Å². The average Bonchev–Trinajstić information content (AvgIpc) is 2.55. The number of nitrogens with zero attached hydrogens (tertiary/aromatic N) is 2. The SMILES string of the molecule is O=C(c1ccc(Br)cn1)N1CCNCC1c1ccccc1Cl. The highest BCUT2D eigenvalue weighted by molar-refractivity contribution is 9.10. The third-order valence-electron chi connectivity index (χ3n) is 3.71. The third-order valence-corrected chi connectivity index (χ3v) is 4.53. The number of hydrogen-bond donors (Lipinski definition) is 1. The Balaban J connectivity index is 1.91. The number of aromatic nitrogens is 1. The van der Waals surface area contributed by atoms with E-state index in [4.69, 9.17) is 11.6 Å². The van der Waals surface area contributed by atoms with Gasteiger partial charge in [0.2, 0.25) is 0 Å². The van der Waals surface area contributed by atoms with Gasteiger partial charge in [-0.15, -0.1) is 0 Å². The Bertz CT molecular complexity index is 677. The van der Waals surface area contributed by atoms with E-state index in [1.165, 1.54) is 0 Å². The molecule has 1 amide bonds. The first kappa shape index (κ1) is 15.5. The van der Waals surface area contributed by atoms with Gasteiger partial charge in [-0.1, -0.05) is 29.8 Å². The summed E-state index contributed by atoms with van der Waals surface area (Å²) in [6, 6.07) is 11.1. The van der Waals surface area contributed by atoms with E-state index in [1.54, 1.807) is 12.3 Å². The summed E-state index contributed by atoms with van der Waals surface area (Å²) in [5.74, 6) is -0.0704. The molecule has 1 aromatic heterocycles. The summed E-state index contributed by atoms with van der Waals surface area (Å²) in [7, 11) is 0. The van der Waals surface area contributed by atoms with E-state index in [-0.39, 0.29) is 11.9 Å². The van der Waals surface area contributed by atoms with Crippen LogP contribution in [0.2, 0.25) is 5.02 Å². The van der Waals surface area contributed by atoms with E-state index in [1.807, 2.05) is 35.2 Å². The zero-order chi connectivity index (χ0) is 15.5. The first-order chi connectivity index (χ1) is 10.7. The molecule has 1 unspecified atom stereocenters. The first-order valence-electron chi connectivity index (χ1n) is 7.04. The van der Waals surface area contributed by atoms with Crippen LogP contribution in [-0.2, 0) is 0 Å². The molecule has 0 radical (unpaired) electrons. The number of rotatable bonds is 2. The van der Waals surface area contributed by atoms with Gasteiger partial charge in [-0.05, 0) is 39.7 Å². The Morgan fingerprint density at radius 3 is 2.86 bits per heavy atom. The molecule has 0 saturated carbocycles. The largest absolute Gasteiger partial charge is 0.328 e. The van der Waals surface area contributed by atoms with Crippen LogP contribution in [0.25, 0.3) is 0 Å². The van der Waals surface area contributed by atoms with Crippen LogP contribution in [0.15, 0.2) is 47.1 Å². The zero-order valence-electron chi connectivity index (χ0n) is 11.8. The van der Waals surface area contributed by atoms with E-state index in [0.717, 1.165) is 16.6 Å². The van der Waals surface area contributed by atoms with Gasteiger partial charge in [-0.2, -0.15) is 0 Å². The van der Waals surface area contributed by atoms with Crippen LogP contribution >= 0.6 is 27.5 Å². The maximum atomic E-state index is 12.8. The van der Waals surface area contributed by atoms with Crippen LogP contribution < -0.4 is 5.32 Å². The molecule has 1 aliphatic rings. The minimum Gasteiger partial charge on any atom is -0.328 e. The quantitative estimate of drug-likeness (QED) is 0.869. The van der Waals surface area contributed by atoms with Gasteiger partial charge >= 0.3 is 0 Å². The molecule has 6 heteroatoms. The summed E-state index contributed by atoms with van der Waals surface area (Å²) < 4.78 is 0.854. The number of halogens is 2. The molecule has 3 rings (SSSR count). The van der Waals surface area contributed by atoms with Crippen molar-refractivity contribution in [1.82, 2.24) is 15.2 Å². The van der Waals surface area contributed by atoms with Crippen LogP contribution in [0, 0.1) is 0 Å². The molecule has 1 aliphatic heterocycles. The Kier molecular flexibility index (Phi) is 4.76. The summed E-state index contributed by atoms with van der Waals surface area (Å²) in [4.78, 5) is 18.8. The van der Waals surface area contributed by atoms with Crippen molar-refractivity contribution in [3.63, 3.8) is 0 Å². The number of benzene rings is 1. The average molecular weight is 381 g/mol. The minimum absolute atomic E-state index is 0.0704. The maximum absolute atomic E-state index is 12.8. The Morgan fingerprint density at radius 2 is 2.14 bits per heavy atom. The van der Waals surface area contributed by atoms with Crippen molar-refractivity contribution in [2.24, 2.45) is 0 Å². The van der Waals surface area contributed by atoms with Crippen molar-refractivity contribution in [2.45, 2.75) is 6.04 Å². The maximum Gasteiger partial charge on any atom is 0.273 e. The second-order valence-electron chi connectivity index (χ2n) is 5.10. The van der Waals surface area contributed by atoms with E-state index in [0.29, 0.717) is 23.8 Å². The van der Waals surface area contributed by atoms with Gasteiger partial charge in [0.05, 0.1) is 6.04 Å². The van der Waals surface area contributed by atoms with Gasteiger partial charge in [0.25, 0.3) is 5.91 Å². The van der Waals surface area contributed by atoms with E-state index in [9.17, 15) is 4.79 Å². The van der Waals surface area contributed by atoms with Gasteiger partial charge in [0.15, 0.2) is 0 Å². The van der Waals surface area contributed by atoms with Gasteiger partial charge in [0.1, 0.15) is 5.69 Å². The molecule has 1 N–H and O–H groups in total. The van der Waals surface area contributed by atoms with Crippen LogP contribution in [-0.4, -0.2) is 35.4 Å². The number of hydrogen-bond acceptors (Lipinski definition) is 3. The predicted octanol–water partition coefficient (Wildman–Crippen LogP) is 3.28. The van der Waals surface area contributed by atoms with Crippen molar-refractivity contribution >= 4 is 33.4 Å². The molecule has 0 spiro atoms. The second-order valence-corrected chi connectivity index (χ2v) is 6.42. The molecule has 0 bridgehead atoms.